The van der Waals surface area contributed by atoms with Crippen LogP contribution < -0.4 is 15.0 Å². The molecule has 0 aliphatic carbocycles. The minimum atomic E-state index is 0.307. The van der Waals surface area contributed by atoms with Gasteiger partial charge in [0, 0.05) is 19.3 Å². The van der Waals surface area contributed by atoms with Crippen LogP contribution in [-0.4, -0.2) is 35.7 Å². The van der Waals surface area contributed by atoms with Crippen LogP contribution in [0.1, 0.15) is 19.8 Å². The second-order valence-corrected chi connectivity index (χ2v) is 4.54. The normalized spacial score (nSPS) is 10.2. The Kier molecular flexibility index (Phi) is 5.31. The average molecular weight is 287 g/mol. The van der Waals surface area contributed by atoms with Crippen molar-refractivity contribution >= 4 is 17.6 Å². The molecule has 6 heteroatoms. The minimum Gasteiger partial charge on any atom is -0.467 e. The van der Waals surface area contributed by atoms with Crippen molar-refractivity contribution in [2.75, 3.05) is 30.9 Å². The van der Waals surface area contributed by atoms with Crippen LogP contribution in [0.25, 0.3) is 0 Å². The molecule has 0 spiro atoms. The van der Waals surface area contributed by atoms with E-state index < -0.39 is 0 Å². The number of hydrogen-bond acceptors (Lipinski definition) is 6. The summed E-state index contributed by atoms with van der Waals surface area (Å²) in [5.74, 6) is 1.08. The Balaban J connectivity index is 2.40. The highest BCUT2D eigenvalue weighted by Crippen LogP contribution is 2.24. The average Bonchev–Trinajstić information content (AvgIpc) is 2.55. The molecule has 6 nitrogen and oxygen atoms in total. The van der Waals surface area contributed by atoms with Crippen LogP contribution in [0.5, 0.6) is 6.01 Å². The van der Waals surface area contributed by atoms with E-state index in [-0.39, 0.29) is 0 Å². The lowest BCUT2D eigenvalue weighted by Gasteiger charge is -2.23. The summed E-state index contributed by atoms with van der Waals surface area (Å²) >= 11 is 0. The number of nitrogens with zero attached hydrogens (tertiary/aromatic N) is 4. The number of hydrogen-bond donors (Lipinski definition) is 1. The zero-order chi connectivity index (χ0) is 15.1. The Morgan fingerprint density at radius 1 is 1.14 bits per heavy atom. The monoisotopic (exact) mass is 287 g/mol. The summed E-state index contributed by atoms with van der Waals surface area (Å²) < 4.78 is 5.16. The maximum absolute atomic E-state index is 5.16. The van der Waals surface area contributed by atoms with Gasteiger partial charge < -0.3 is 15.0 Å². The molecular formula is C15H21N5O. The Labute approximate surface area is 125 Å². The van der Waals surface area contributed by atoms with Gasteiger partial charge in [0.15, 0.2) is 0 Å². The van der Waals surface area contributed by atoms with Crippen LogP contribution in [-0.2, 0) is 0 Å². The number of rotatable bonds is 7. The fraction of sp³-hybridized carbons (Fsp3) is 0.400. The van der Waals surface area contributed by atoms with Crippen molar-refractivity contribution in [3.63, 3.8) is 0 Å². The van der Waals surface area contributed by atoms with Crippen LogP contribution in [0, 0.1) is 0 Å². The highest BCUT2D eigenvalue weighted by Gasteiger charge is 2.15. The van der Waals surface area contributed by atoms with E-state index in [1.54, 1.807) is 14.2 Å². The highest BCUT2D eigenvalue weighted by atomic mass is 16.5. The first-order valence-corrected chi connectivity index (χ1v) is 7.09. The van der Waals surface area contributed by atoms with E-state index in [1.807, 2.05) is 30.3 Å². The summed E-state index contributed by atoms with van der Waals surface area (Å²) in [5.41, 5.74) is 1.06. The SMILES string of the molecule is CCCCN(c1ccccc1)c1nc(NC)nc(OC)n1. The maximum atomic E-state index is 5.16. The van der Waals surface area contributed by atoms with E-state index in [0.717, 1.165) is 25.1 Å². The summed E-state index contributed by atoms with van der Waals surface area (Å²) in [6.07, 6.45) is 2.15. The summed E-state index contributed by atoms with van der Waals surface area (Å²) in [6.45, 7) is 3.01. The number of nitrogens with one attached hydrogen (secondary N) is 1. The Hall–Kier alpha value is -2.37. The zero-order valence-electron chi connectivity index (χ0n) is 12.7. The van der Waals surface area contributed by atoms with Crippen LogP contribution >= 0.6 is 0 Å². The van der Waals surface area contributed by atoms with Crippen molar-refractivity contribution in [3.8, 4) is 6.01 Å². The molecule has 1 aromatic heterocycles. The second-order valence-electron chi connectivity index (χ2n) is 4.54. The van der Waals surface area contributed by atoms with Crippen molar-refractivity contribution in [3.05, 3.63) is 30.3 Å². The highest BCUT2D eigenvalue weighted by molar-refractivity contribution is 5.57. The molecule has 0 aliphatic rings. The number of methoxy groups -OCH3 is 1. The number of benzene rings is 1. The van der Waals surface area contributed by atoms with Crippen molar-refractivity contribution in [2.24, 2.45) is 0 Å². The fourth-order valence-corrected chi connectivity index (χ4v) is 1.94. The summed E-state index contributed by atoms with van der Waals surface area (Å²) in [7, 11) is 3.33. The van der Waals surface area contributed by atoms with E-state index in [4.69, 9.17) is 4.74 Å². The van der Waals surface area contributed by atoms with Gasteiger partial charge in [-0.25, -0.2) is 0 Å². The van der Waals surface area contributed by atoms with Gasteiger partial charge in [0.05, 0.1) is 7.11 Å². The Morgan fingerprint density at radius 3 is 2.52 bits per heavy atom. The first-order chi connectivity index (χ1) is 10.3. The molecule has 1 heterocycles. The topological polar surface area (TPSA) is 63.2 Å². The van der Waals surface area contributed by atoms with Gasteiger partial charge in [0.2, 0.25) is 11.9 Å². The molecule has 112 valence electrons. The zero-order valence-corrected chi connectivity index (χ0v) is 12.7. The van der Waals surface area contributed by atoms with E-state index in [2.05, 4.69) is 32.1 Å². The fourth-order valence-electron chi connectivity index (χ4n) is 1.94. The third-order valence-corrected chi connectivity index (χ3v) is 3.05. The molecule has 0 saturated heterocycles. The predicted molar refractivity (Wildman–Crippen MR) is 84.3 cm³/mol. The van der Waals surface area contributed by atoms with Crippen LogP contribution in [0.2, 0.25) is 0 Å². The standard InChI is InChI=1S/C15H21N5O/c1-4-5-11-20(12-9-7-6-8-10-12)14-17-13(16-2)18-15(19-14)21-3/h6-10H,4-5,11H2,1-3H3,(H,16,17,18,19). The minimum absolute atomic E-state index is 0.307. The van der Waals surface area contributed by atoms with Gasteiger partial charge in [-0.1, -0.05) is 31.5 Å². The molecule has 2 rings (SSSR count). The van der Waals surface area contributed by atoms with E-state index in [1.165, 1.54) is 0 Å². The van der Waals surface area contributed by atoms with E-state index in [0.29, 0.717) is 17.9 Å². The van der Waals surface area contributed by atoms with Gasteiger partial charge in [-0.3, -0.25) is 0 Å². The second kappa shape index (κ2) is 7.42. The third kappa shape index (κ3) is 3.81. The number of para-hydroxylation sites is 1. The van der Waals surface area contributed by atoms with Gasteiger partial charge in [-0.2, -0.15) is 15.0 Å². The van der Waals surface area contributed by atoms with Crippen LogP contribution in [0.4, 0.5) is 17.6 Å². The Morgan fingerprint density at radius 2 is 1.90 bits per heavy atom. The first kappa shape index (κ1) is 15.0. The molecular weight excluding hydrogens is 266 g/mol. The molecule has 2 aromatic rings. The molecule has 0 amide bonds. The molecule has 0 aliphatic heterocycles. The van der Waals surface area contributed by atoms with Gasteiger partial charge in [0.25, 0.3) is 0 Å². The van der Waals surface area contributed by atoms with Crippen molar-refractivity contribution in [2.45, 2.75) is 19.8 Å². The van der Waals surface area contributed by atoms with Gasteiger partial charge in [-0.05, 0) is 18.6 Å². The van der Waals surface area contributed by atoms with Crippen molar-refractivity contribution in [1.82, 2.24) is 15.0 Å². The largest absolute Gasteiger partial charge is 0.467 e. The molecule has 0 radical (unpaired) electrons. The first-order valence-electron chi connectivity index (χ1n) is 7.09. The smallest absolute Gasteiger partial charge is 0.322 e. The quantitative estimate of drug-likeness (QED) is 0.845. The van der Waals surface area contributed by atoms with E-state index >= 15 is 0 Å². The molecule has 0 saturated carbocycles. The van der Waals surface area contributed by atoms with Crippen molar-refractivity contribution < 1.29 is 4.74 Å². The molecule has 0 bridgehead atoms. The van der Waals surface area contributed by atoms with Gasteiger partial charge >= 0.3 is 6.01 Å². The van der Waals surface area contributed by atoms with E-state index in [9.17, 15) is 0 Å². The maximum Gasteiger partial charge on any atom is 0.322 e. The molecule has 21 heavy (non-hydrogen) atoms. The summed E-state index contributed by atoms with van der Waals surface area (Å²) in [4.78, 5) is 15.0. The van der Waals surface area contributed by atoms with Gasteiger partial charge in [0.1, 0.15) is 0 Å². The third-order valence-electron chi connectivity index (χ3n) is 3.05. The lowest BCUT2D eigenvalue weighted by atomic mass is 10.2. The van der Waals surface area contributed by atoms with Crippen LogP contribution in [0.3, 0.4) is 0 Å². The molecule has 0 unspecified atom stereocenters. The number of ether oxygens (including phenoxy) is 1. The number of anilines is 3. The summed E-state index contributed by atoms with van der Waals surface area (Å²) in [6, 6.07) is 10.4. The predicted octanol–water partition coefficient (Wildman–Crippen LogP) is 2.86. The lowest BCUT2D eigenvalue weighted by molar-refractivity contribution is 0.379. The molecule has 1 aromatic carbocycles. The molecule has 0 fully saturated rings. The Bertz CT molecular complexity index is 539. The molecule has 1 N–H and O–H groups in total. The van der Waals surface area contributed by atoms with Crippen molar-refractivity contribution in [1.29, 1.82) is 0 Å². The van der Waals surface area contributed by atoms with Crippen LogP contribution in [0.15, 0.2) is 30.3 Å². The lowest BCUT2D eigenvalue weighted by Crippen LogP contribution is -2.21. The number of aromatic nitrogens is 3. The molecule has 0 atom stereocenters. The van der Waals surface area contributed by atoms with Gasteiger partial charge in [-0.15, -0.1) is 0 Å². The number of unbranched alkanes of at least 4 members (excludes halogenated alkanes) is 1. The summed E-state index contributed by atoms with van der Waals surface area (Å²) in [5, 5.41) is 2.94.